The average Bonchev–Trinajstić information content (AvgIpc) is 3.96. The van der Waals surface area contributed by atoms with Gasteiger partial charge in [0.25, 0.3) is 0 Å². The van der Waals surface area contributed by atoms with Crippen molar-refractivity contribution in [1.82, 2.24) is 0 Å². The largest absolute Gasteiger partial charge is 0.456 e. The zero-order valence-corrected chi connectivity index (χ0v) is 38.8. The van der Waals surface area contributed by atoms with Gasteiger partial charge in [-0.3, -0.25) is 0 Å². The third-order valence-corrected chi connectivity index (χ3v) is 14.9. The zero-order valence-electron chi connectivity index (χ0n) is 38.8. The van der Waals surface area contributed by atoms with E-state index < -0.39 is 5.41 Å². The van der Waals surface area contributed by atoms with Crippen LogP contribution in [0.1, 0.15) is 22.3 Å². The number of para-hydroxylation sites is 1. The lowest BCUT2D eigenvalue weighted by atomic mass is 9.68. The first-order chi connectivity index (χ1) is 35.2. The minimum Gasteiger partial charge on any atom is -0.456 e. The summed E-state index contributed by atoms with van der Waals surface area (Å²) in [4.78, 5) is 2.50. The molecule has 2 heteroatoms. The van der Waals surface area contributed by atoms with Crippen LogP contribution < -0.4 is 4.90 Å². The fourth-order valence-electron chi connectivity index (χ4n) is 11.7. The number of nitrogens with zero attached hydrogens (tertiary/aromatic N) is 1. The summed E-state index contributed by atoms with van der Waals surface area (Å²) in [6.45, 7) is 0. The van der Waals surface area contributed by atoms with Crippen LogP contribution in [0.5, 0.6) is 0 Å². The van der Waals surface area contributed by atoms with Gasteiger partial charge in [-0.2, -0.15) is 0 Å². The molecule has 2 nitrogen and oxygen atoms in total. The van der Waals surface area contributed by atoms with Crippen molar-refractivity contribution in [2.45, 2.75) is 5.41 Å². The van der Waals surface area contributed by atoms with Crippen molar-refractivity contribution in [3.8, 4) is 44.5 Å². The predicted octanol–water partition coefficient (Wildman–Crippen LogP) is 18.7. The van der Waals surface area contributed by atoms with E-state index in [9.17, 15) is 0 Å². The second-order valence-electron chi connectivity index (χ2n) is 18.7. The van der Waals surface area contributed by atoms with Gasteiger partial charge in [-0.05, 0) is 126 Å². The van der Waals surface area contributed by atoms with Crippen molar-refractivity contribution in [1.29, 1.82) is 0 Å². The molecule has 1 aliphatic rings. The minimum absolute atomic E-state index is 0.546. The van der Waals surface area contributed by atoms with Crippen molar-refractivity contribution in [3.63, 3.8) is 0 Å². The van der Waals surface area contributed by atoms with Crippen molar-refractivity contribution in [3.05, 3.63) is 295 Å². The normalized spacial score (nSPS) is 12.6. The molecular formula is C69H45NO. The highest BCUT2D eigenvalue weighted by atomic mass is 16.3. The van der Waals surface area contributed by atoms with E-state index in [1.165, 1.54) is 71.6 Å². The molecule has 0 saturated heterocycles. The standard InChI is InChI=1S/C69H45NO/c1-3-21-53(22-4-1)69(54-23-5-2-6-24-54)62-29-13-11-27-59(62)68-63(69)30-16-32-65(68)70(55-40-37-47(38-41-55)46-33-35-49(36-34-46)57-28-15-20-48-17-9-10-25-56(48)57)64-31-14-12-26-58(64)52-39-42-66-60(44-52)61-43-50-18-7-8-19-51(50)45-67(61)71-66/h1-45H. The Bertz CT molecular complexity index is 4110. The van der Waals surface area contributed by atoms with Gasteiger partial charge >= 0.3 is 0 Å². The molecule has 1 aliphatic carbocycles. The Morgan fingerprint density at radius 1 is 0.296 bits per heavy atom. The van der Waals surface area contributed by atoms with E-state index in [1.807, 2.05) is 0 Å². The molecule has 1 heterocycles. The molecule has 0 saturated carbocycles. The Kier molecular flexibility index (Phi) is 9.47. The van der Waals surface area contributed by atoms with Crippen molar-refractivity contribution in [2.75, 3.05) is 4.90 Å². The van der Waals surface area contributed by atoms with Crippen LogP contribution in [0.15, 0.2) is 277 Å². The fraction of sp³-hybridized carbons (Fsp3) is 0.0145. The number of hydrogen-bond acceptors (Lipinski definition) is 2. The molecule has 0 bridgehead atoms. The maximum absolute atomic E-state index is 6.53. The molecule has 0 unspecified atom stereocenters. The molecule has 0 amide bonds. The molecule has 0 aliphatic heterocycles. The molecule has 0 radical (unpaired) electrons. The third-order valence-electron chi connectivity index (χ3n) is 14.9. The lowest BCUT2D eigenvalue weighted by Gasteiger charge is -2.34. The number of anilines is 3. The maximum Gasteiger partial charge on any atom is 0.136 e. The summed E-state index contributed by atoms with van der Waals surface area (Å²) >= 11 is 0. The topological polar surface area (TPSA) is 16.4 Å². The third kappa shape index (κ3) is 6.49. The van der Waals surface area contributed by atoms with Gasteiger partial charge < -0.3 is 9.32 Å². The Hall–Kier alpha value is -9.24. The molecule has 71 heavy (non-hydrogen) atoms. The van der Waals surface area contributed by atoms with Crippen LogP contribution in [0.3, 0.4) is 0 Å². The minimum atomic E-state index is -0.546. The summed E-state index contributed by atoms with van der Waals surface area (Å²) in [5.74, 6) is 0. The number of hydrogen-bond donors (Lipinski definition) is 0. The monoisotopic (exact) mass is 903 g/mol. The molecule has 332 valence electrons. The quantitative estimate of drug-likeness (QED) is 0.151. The number of benzene rings is 12. The van der Waals surface area contributed by atoms with Gasteiger partial charge in [0, 0.05) is 27.6 Å². The van der Waals surface area contributed by atoms with Crippen LogP contribution in [0, 0.1) is 0 Å². The highest BCUT2D eigenvalue weighted by Crippen LogP contribution is 2.60. The number of fused-ring (bicyclic) bond motifs is 8. The fourth-order valence-corrected chi connectivity index (χ4v) is 11.7. The Morgan fingerprint density at radius 2 is 0.817 bits per heavy atom. The average molecular weight is 904 g/mol. The zero-order chi connectivity index (χ0) is 46.9. The Labute approximate surface area is 413 Å². The van der Waals surface area contributed by atoms with Crippen LogP contribution in [-0.4, -0.2) is 0 Å². The first-order valence-electron chi connectivity index (χ1n) is 24.5. The van der Waals surface area contributed by atoms with Crippen LogP contribution in [-0.2, 0) is 5.41 Å². The van der Waals surface area contributed by atoms with E-state index >= 15 is 0 Å². The second-order valence-corrected chi connectivity index (χ2v) is 18.7. The molecule has 0 spiro atoms. The van der Waals surface area contributed by atoms with Gasteiger partial charge in [0.2, 0.25) is 0 Å². The van der Waals surface area contributed by atoms with Gasteiger partial charge in [-0.15, -0.1) is 0 Å². The molecule has 14 rings (SSSR count). The van der Waals surface area contributed by atoms with E-state index in [0.717, 1.165) is 55.7 Å². The summed E-state index contributed by atoms with van der Waals surface area (Å²) < 4.78 is 6.53. The van der Waals surface area contributed by atoms with Gasteiger partial charge in [0.05, 0.1) is 16.8 Å². The summed E-state index contributed by atoms with van der Waals surface area (Å²) in [6, 6.07) is 100.0. The highest BCUT2D eigenvalue weighted by Gasteiger charge is 2.47. The predicted molar refractivity (Wildman–Crippen MR) is 297 cm³/mol. The first-order valence-corrected chi connectivity index (χ1v) is 24.5. The molecule has 1 aromatic heterocycles. The molecule has 13 aromatic rings. The Morgan fingerprint density at radius 3 is 1.58 bits per heavy atom. The SMILES string of the molecule is c1ccc(C2(c3ccccc3)c3ccccc3-c3c(N(c4ccc(-c5ccc(-c6cccc7ccccc67)cc5)cc4)c4ccccc4-c4ccc5oc6cc7ccccc7cc6c5c4)cccc32)cc1. The molecule has 12 aromatic carbocycles. The first kappa shape index (κ1) is 40.8. The number of furan rings is 1. The lowest BCUT2D eigenvalue weighted by Crippen LogP contribution is -2.28. The molecule has 0 N–H and O–H groups in total. The van der Waals surface area contributed by atoms with Crippen LogP contribution in [0.25, 0.3) is 88.0 Å². The van der Waals surface area contributed by atoms with Crippen LogP contribution in [0.2, 0.25) is 0 Å². The second kappa shape index (κ2) is 16.5. The van der Waals surface area contributed by atoms with Crippen LogP contribution >= 0.6 is 0 Å². The molecule has 0 fully saturated rings. The van der Waals surface area contributed by atoms with Gasteiger partial charge in [-0.1, -0.05) is 224 Å². The van der Waals surface area contributed by atoms with Gasteiger partial charge in [-0.25, -0.2) is 0 Å². The van der Waals surface area contributed by atoms with E-state index in [4.69, 9.17) is 4.42 Å². The van der Waals surface area contributed by atoms with E-state index in [-0.39, 0.29) is 0 Å². The number of rotatable bonds is 8. The maximum atomic E-state index is 6.53. The smallest absolute Gasteiger partial charge is 0.136 e. The van der Waals surface area contributed by atoms with Crippen molar-refractivity contribution < 1.29 is 4.42 Å². The molecule has 0 atom stereocenters. The van der Waals surface area contributed by atoms with Gasteiger partial charge in [0.15, 0.2) is 0 Å². The van der Waals surface area contributed by atoms with E-state index in [0.29, 0.717) is 0 Å². The van der Waals surface area contributed by atoms with Crippen molar-refractivity contribution in [2.24, 2.45) is 0 Å². The summed E-state index contributed by atoms with van der Waals surface area (Å²) in [5, 5.41) is 7.10. The summed E-state index contributed by atoms with van der Waals surface area (Å²) in [6.07, 6.45) is 0. The van der Waals surface area contributed by atoms with Gasteiger partial charge in [0.1, 0.15) is 11.2 Å². The van der Waals surface area contributed by atoms with E-state index in [2.05, 4.69) is 278 Å². The van der Waals surface area contributed by atoms with E-state index in [1.54, 1.807) is 0 Å². The Balaban J connectivity index is 0.965. The summed E-state index contributed by atoms with van der Waals surface area (Å²) in [5.41, 5.74) is 19.0. The van der Waals surface area contributed by atoms with Crippen molar-refractivity contribution >= 4 is 60.5 Å². The lowest BCUT2D eigenvalue weighted by molar-refractivity contribution is 0.669. The summed E-state index contributed by atoms with van der Waals surface area (Å²) in [7, 11) is 0. The van der Waals surface area contributed by atoms with Crippen LogP contribution in [0.4, 0.5) is 17.1 Å². The molecular weight excluding hydrogens is 859 g/mol. The highest BCUT2D eigenvalue weighted by molar-refractivity contribution is 6.11.